The number of aryl methyl sites for hydroxylation is 1. The standard InChI is InChI=1S/C20H25NO3.ClH/c21-20(19(23)13-24-18-7-2-1-3-8-18)16-6-4-5-14-12-17(22)10-9-15(14)11-16;/h1-3,7-10,12,16,19-20,22-23H,4-6,11,13,21H2;1H. The normalized spacial score (nSPS) is 19.0. The van der Waals surface area contributed by atoms with Crippen molar-refractivity contribution in [1.29, 1.82) is 0 Å². The fraction of sp³-hybridized carbons (Fsp3) is 0.400. The Morgan fingerprint density at radius 2 is 1.88 bits per heavy atom. The molecule has 0 saturated carbocycles. The predicted octanol–water partition coefficient (Wildman–Crippen LogP) is 3.08. The van der Waals surface area contributed by atoms with Gasteiger partial charge in [-0.2, -0.15) is 0 Å². The number of benzene rings is 2. The minimum atomic E-state index is -0.700. The molecule has 0 radical (unpaired) electrons. The number of para-hydroxylation sites is 1. The fourth-order valence-corrected chi connectivity index (χ4v) is 3.44. The van der Waals surface area contributed by atoms with Crippen LogP contribution in [0.2, 0.25) is 0 Å². The SMILES string of the molecule is Cl.NC(C(O)COc1ccccc1)C1CCCc2cc(O)ccc2C1. The summed E-state index contributed by atoms with van der Waals surface area (Å²) >= 11 is 0. The molecule has 0 saturated heterocycles. The van der Waals surface area contributed by atoms with Gasteiger partial charge in [0.15, 0.2) is 0 Å². The van der Waals surface area contributed by atoms with Gasteiger partial charge in [0.2, 0.25) is 0 Å². The Morgan fingerprint density at radius 1 is 1.12 bits per heavy atom. The number of nitrogens with two attached hydrogens (primary N) is 1. The zero-order chi connectivity index (χ0) is 16.9. The van der Waals surface area contributed by atoms with Crippen LogP contribution in [0.3, 0.4) is 0 Å². The second-order valence-electron chi connectivity index (χ2n) is 6.58. The Morgan fingerprint density at radius 3 is 2.64 bits per heavy atom. The van der Waals surface area contributed by atoms with Gasteiger partial charge in [-0.05, 0) is 67.0 Å². The Hall–Kier alpha value is -1.75. The second-order valence-corrected chi connectivity index (χ2v) is 6.58. The zero-order valence-corrected chi connectivity index (χ0v) is 15.0. The zero-order valence-electron chi connectivity index (χ0n) is 14.2. The summed E-state index contributed by atoms with van der Waals surface area (Å²) < 4.78 is 5.63. The maximum atomic E-state index is 10.4. The van der Waals surface area contributed by atoms with Gasteiger partial charge in [0.05, 0.1) is 0 Å². The molecule has 25 heavy (non-hydrogen) atoms. The lowest BCUT2D eigenvalue weighted by Crippen LogP contribution is -2.45. The first kappa shape index (κ1) is 19.6. The van der Waals surface area contributed by atoms with Crippen molar-refractivity contribution in [2.75, 3.05) is 6.61 Å². The number of hydrogen-bond acceptors (Lipinski definition) is 4. The minimum absolute atomic E-state index is 0. The van der Waals surface area contributed by atoms with Crippen LogP contribution in [-0.4, -0.2) is 29.0 Å². The highest BCUT2D eigenvalue weighted by Gasteiger charge is 2.28. The third kappa shape index (κ3) is 5.11. The van der Waals surface area contributed by atoms with Crippen molar-refractivity contribution in [2.45, 2.75) is 37.8 Å². The molecule has 0 aromatic heterocycles. The van der Waals surface area contributed by atoms with Crippen LogP contribution in [0.5, 0.6) is 11.5 Å². The topological polar surface area (TPSA) is 75.7 Å². The molecule has 4 nitrogen and oxygen atoms in total. The Kier molecular flexibility index (Phi) is 7.12. The lowest BCUT2D eigenvalue weighted by molar-refractivity contribution is 0.0645. The number of ether oxygens (including phenoxy) is 1. The summed E-state index contributed by atoms with van der Waals surface area (Å²) in [5.74, 6) is 1.27. The molecule has 3 atom stereocenters. The number of aromatic hydroxyl groups is 1. The van der Waals surface area contributed by atoms with Crippen molar-refractivity contribution < 1.29 is 14.9 Å². The molecular weight excluding hydrogens is 338 g/mol. The third-order valence-corrected chi connectivity index (χ3v) is 4.85. The van der Waals surface area contributed by atoms with Crippen molar-refractivity contribution in [1.82, 2.24) is 0 Å². The van der Waals surface area contributed by atoms with Crippen LogP contribution in [0.1, 0.15) is 24.0 Å². The number of phenols is 1. The fourth-order valence-electron chi connectivity index (χ4n) is 3.44. The highest BCUT2D eigenvalue weighted by Crippen LogP contribution is 2.29. The summed E-state index contributed by atoms with van der Waals surface area (Å²) in [5.41, 5.74) is 8.75. The van der Waals surface area contributed by atoms with Gasteiger partial charge in [-0.25, -0.2) is 0 Å². The second kappa shape index (κ2) is 9.09. The lowest BCUT2D eigenvalue weighted by atomic mass is 9.87. The average Bonchev–Trinajstić information content (AvgIpc) is 2.81. The van der Waals surface area contributed by atoms with Crippen molar-refractivity contribution in [3.05, 3.63) is 59.7 Å². The van der Waals surface area contributed by atoms with Crippen molar-refractivity contribution in [3.63, 3.8) is 0 Å². The number of aliphatic hydroxyl groups excluding tert-OH is 1. The molecule has 3 rings (SSSR count). The Labute approximate surface area is 155 Å². The molecule has 2 aromatic rings. The van der Waals surface area contributed by atoms with E-state index in [1.165, 1.54) is 11.1 Å². The third-order valence-electron chi connectivity index (χ3n) is 4.85. The molecule has 0 amide bonds. The van der Waals surface area contributed by atoms with E-state index in [0.29, 0.717) is 5.75 Å². The van der Waals surface area contributed by atoms with Crippen molar-refractivity contribution in [3.8, 4) is 11.5 Å². The lowest BCUT2D eigenvalue weighted by Gasteiger charge is -2.27. The van der Waals surface area contributed by atoms with E-state index >= 15 is 0 Å². The van der Waals surface area contributed by atoms with E-state index in [2.05, 4.69) is 0 Å². The van der Waals surface area contributed by atoms with Crippen molar-refractivity contribution >= 4 is 12.4 Å². The summed E-state index contributed by atoms with van der Waals surface area (Å²) in [6, 6.07) is 14.7. The molecule has 1 aliphatic carbocycles. The highest BCUT2D eigenvalue weighted by atomic mass is 35.5. The van der Waals surface area contributed by atoms with Crippen molar-refractivity contribution in [2.24, 2.45) is 11.7 Å². The van der Waals surface area contributed by atoms with E-state index in [1.54, 1.807) is 6.07 Å². The van der Waals surface area contributed by atoms with E-state index in [1.807, 2.05) is 42.5 Å². The van der Waals surface area contributed by atoms with Gasteiger partial charge in [-0.1, -0.05) is 24.3 Å². The molecule has 0 aliphatic heterocycles. The molecule has 3 unspecified atom stereocenters. The van der Waals surface area contributed by atoms with Crippen LogP contribution >= 0.6 is 12.4 Å². The first-order valence-electron chi connectivity index (χ1n) is 8.56. The number of rotatable bonds is 5. The monoisotopic (exact) mass is 363 g/mol. The molecular formula is C20H26ClNO3. The summed E-state index contributed by atoms with van der Waals surface area (Å²) in [6.07, 6.45) is 3.07. The van der Waals surface area contributed by atoms with Gasteiger partial charge in [0.25, 0.3) is 0 Å². The van der Waals surface area contributed by atoms with Gasteiger partial charge < -0.3 is 20.7 Å². The van der Waals surface area contributed by atoms with Gasteiger partial charge in [-0.3, -0.25) is 0 Å². The molecule has 0 spiro atoms. The van der Waals surface area contributed by atoms with Gasteiger partial charge >= 0.3 is 0 Å². The molecule has 1 aliphatic rings. The van der Waals surface area contributed by atoms with E-state index < -0.39 is 6.10 Å². The van der Waals surface area contributed by atoms with Gasteiger partial charge in [-0.15, -0.1) is 12.4 Å². The average molecular weight is 364 g/mol. The van der Waals surface area contributed by atoms with Crippen LogP contribution in [0.4, 0.5) is 0 Å². The predicted molar refractivity (Wildman–Crippen MR) is 101 cm³/mol. The molecule has 0 heterocycles. The largest absolute Gasteiger partial charge is 0.508 e. The molecule has 136 valence electrons. The maximum absolute atomic E-state index is 10.4. The van der Waals surface area contributed by atoms with E-state index in [0.717, 1.165) is 31.4 Å². The van der Waals surface area contributed by atoms with E-state index in [-0.39, 0.29) is 31.0 Å². The summed E-state index contributed by atoms with van der Waals surface area (Å²) in [4.78, 5) is 0. The van der Waals surface area contributed by atoms with E-state index in [9.17, 15) is 10.2 Å². The van der Waals surface area contributed by atoms with Crippen LogP contribution in [0.15, 0.2) is 48.5 Å². The van der Waals surface area contributed by atoms with Crippen LogP contribution in [0.25, 0.3) is 0 Å². The van der Waals surface area contributed by atoms with Crippen LogP contribution in [-0.2, 0) is 12.8 Å². The molecule has 2 aromatic carbocycles. The molecule has 0 fully saturated rings. The number of fused-ring (bicyclic) bond motifs is 1. The highest BCUT2D eigenvalue weighted by molar-refractivity contribution is 5.85. The van der Waals surface area contributed by atoms with Crippen LogP contribution in [0, 0.1) is 5.92 Å². The molecule has 4 N–H and O–H groups in total. The summed E-state index contributed by atoms with van der Waals surface area (Å²) in [5, 5.41) is 20.1. The Bertz CT molecular complexity index is 665. The first-order chi connectivity index (χ1) is 11.6. The summed E-state index contributed by atoms with van der Waals surface area (Å²) in [6.45, 7) is 0.199. The number of halogens is 1. The number of aliphatic hydroxyl groups is 1. The quantitative estimate of drug-likeness (QED) is 0.713. The van der Waals surface area contributed by atoms with Gasteiger partial charge in [0.1, 0.15) is 24.2 Å². The van der Waals surface area contributed by atoms with E-state index in [4.69, 9.17) is 10.5 Å². The number of phenolic OH excluding ortho intramolecular Hbond substituents is 1. The first-order valence-corrected chi connectivity index (χ1v) is 8.56. The smallest absolute Gasteiger partial charge is 0.119 e. The van der Waals surface area contributed by atoms with Gasteiger partial charge in [0, 0.05) is 6.04 Å². The number of hydrogen-bond donors (Lipinski definition) is 3. The maximum Gasteiger partial charge on any atom is 0.119 e. The minimum Gasteiger partial charge on any atom is -0.508 e. The molecule has 5 heteroatoms. The van der Waals surface area contributed by atoms with Crippen LogP contribution < -0.4 is 10.5 Å². The molecule has 0 bridgehead atoms. The Balaban J connectivity index is 0.00000225. The summed E-state index contributed by atoms with van der Waals surface area (Å²) in [7, 11) is 0.